The lowest BCUT2D eigenvalue weighted by Crippen LogP contribution is -2.32. The molecule has 1 saturated carbocycles. The van der Waals surface area contributed by atoms with E-state index in [4.69, 9.17) is 5.14 Å². The van der Waals surface area contributed by atoms with Crippen molar-refractivity contribution in [3.05, 3.63) is 36.0 Å². The van der Waals surface area contributed by atoms with E-state index in [1.807, 2.05) is 20.2 Å². The highest BCUT2D eigenvalue weighted by Crippen LogP contribution is 2.45. The van der Waals surface area contributed by atoms with Gasteiger partial charge < -0.3 is 9.80 Å². The monoisotopic (exact) mass is 372 g/mol. The van der Waals surface area contributed by atoms with E-state index in [0.717, 1.165) is 30.5 Å². The van der Waals surface area contributed by atoms with Crippen LogP contribution in [0.3, 0.4) is 0 Å². The summed E-state index contributed by atoms with van der Waals surface area (Å²) in [5, 5.41) is 5.36. The van der Waals surface area contributed by atoms with Crippen molar-refractivity contribution in [3.8, 4) is 11.1 Å². The van der Waals surface area contributed by atoms with Crippen LogP contribution in [0, 0.1) is 0 Å². The number of nitrogens with zero attached hydrogens (tertiary/aromatic N) is 3. The van der Waals surface area contributed by atoms with Gasteiger partial charge in [0.05, 0.1) is 5.69 Å². The fourth-order valence-electron chi connectivity index (χ4n) is 3.95. The number of benzene rings is 1. The Morgan fingerprint density at radius 2 is 1.96 bits per heavy atom. The Kier molecular flexibility index (Phi) is 4.16. The van der Waals surface area contributed by atoms with Gasteiger partial charge in [-0.15, -0.1) is 0 Å². The Morgan fingerprint density at radius 1 is 1.19 bits per heavy atom. The average molecular weight is 372 g/mol. The van der Waals surface area contributed by atoms with E-state index in [1.54, 1.807) is 4.90 Å². The summed E-state index contributed by atoms with van der Waals surface area (Å²) >= 11 is 0. The van der Waals surface area contributed by atoms with Gasteiger partial charge in [-0.2, -0.15) is 0 Å². The number of sulfonamides is 1. The van der Waals surface area contributed by atoms with Gasteiger partial charge in [-0.05, 0) is 37.3 Å². The summed E-state index contributed by atoms with van der Waals surface area (Å²) in [6.45, 7) is 1.05. The summed E-state index contributed by atoms with van der Waals surface area (Å²) in [6.07, 6.45) is 6.20. The number of rotatable bonds is 4. The highest BCUT2D eigenvalue weighted by Gasteiger charge is 2.34. The maximum absolute atomic E-state index is 12.1. The molecule has 0 bridgehead atoms. The van der Waals surface area contributed by atoms with Crippen LogP contribution in [-0.2, 0) is 16.4 Å². The average Bonchev–Trinajstić information content (AvgIpc) is 3.44. The standard InChI is InChI=1S/C19H24N4O2S/c1-22(2)18-16(10-11-21-19(18)26(20,24)25)15-7-3-5-13-6-4-12-23(17(13)15)14-8-9-14/h3,5,7,10-11,14H,4,6,8-9,12H2,1-2H3,(H2,20,24,25). The molecule has 0 radical (unpaired) electrons. The molecule has 0 unspecified atom stereocenters. The van der Waals surface area contributed by atoms with E-state index in [1.165, 1.54) is 30.3 Å². The number of para-hydroxylation sites is 1. The zero-order valence-corrected chi connectivity index (χ0v) is 16.0. The number of anilines is 2. The van der Waals surface area contributed by atoms with Gasteiger partial charge in [-0.25, -0.2) is 18.5 Å². The second kappa shape index (κ2) is 6.25. The van der Waals surface area contributed by atoms with Crippen LogP contribution in [0.25, 0.3) is 11.1 Å². The second-order valence-electron chi connectivity index (χ2n) is 7.29. The SMILES string of the molecule is CN(C)c1c(-c2cccc3c2N(C2CC2)CCC3)ccnc1S(N)(=O)=O. The molecule has 6 nitrogen and oxygen atoms in total. The minimum absolute atomic E-state index is 0.0774. The Balaban J connectivity index is 1.98. The van der Waals surface area contributed by atoms with E-state index in [2.05, 4.69) is 28.1 Å². The molecule has 1 aromatic heterocycles. The van der Waals surface area contributed by atoms with Crippen molar-refractivity contribution in [2.24, 2.45) is 5.14 Å². The van der Waals surface area contributed by atoms with Gasteiger partial charge in [0.15, 0.2) is 5.03 Å². The summed E-state index contributed by atoms with van der Waals surface area (Å²) in [7, 11) is -0.269. The van der Waals surface area contributed by atoms with Crippen molar-refractivity contribution in [1.29, 1.82) is 0 Å². The number of hydrogen-bond acceptors (Lipinski definition) is 5. The summed E-state index contributed by atoms with van der Waals surface area (Å²) in [5.74, 6) is 0. The van der Waals surface area contributed by atoms with Crippen molar-refractivity contribution in [2.75, 3.05) is 30.4 Å². The fourth-order valence-corrected chi connectivity index (χ4v) is 4.71. The quantitative estimate of drug-likeness (QED) is 0.891. The molecule has 0 atom stereocenters. The molecule has 2 aliphatic rings. The first kappa shape index (κ1) is 17.3. The zero-order chi connectivity index (χ0) is 18.5. The van der Waals surface area contributed by atoms with Crippen molar-refractivity contribution >= 4 is 21.4 Å². The molecule has 1 aliphatic carbocycles. The minimum Gasteiger partial charge on any atom is -0.375 e. The maximum Gasteiger partial charge on any atom is 0.257 e. The molecule has 2 aromatic rings. The van der Waals surface area contributed by atoms with Gasteiger partial charge in [0.25, 0.3) is 10.0 Å². The molecule has 0 saturated heterocycles. The van der Waals surface area contributed by atoms with Crippen molar-refractivity contribution in [1.82, 2.24) is 4.98 Å². The van der Waals surface area contributed by atoms with Crippen LogP contribution in [0.1, 0.15) is 24.8 Å². The number of aromatic nitrogens is 1. The first-order valence-corrected chi connectivity index (χ1v) is 10.5. The zero-order valence-electron chi connectivity index (χ0n) is 15.1. The molecule has 138 valence electrons. The molecule has 1 fully saturated rings. The molecule has 2 heterocycles. The molecule has 1 aromatic carbocycles. The van der Waals surface area contributed by atoms with Crippen LogP contribution >= 0.6 is 0 Å². The normalized spacial score (nSPS) is 17.1. The first-order valence-electron chi connectivity index (χ1n) is 8.96. The Labute approximate surface area is 154 Å². The number of primary sulfonamides is 1. The lowest BCUT2D eigenvalue weighted by molar-refractivity contribution is 0.594. The molecule has 26 heavy (non-hydrogen) atoms. The van der Waals surface area contributed by atoms with Crippen LogP contribution in [0.2, 0.25) is 0 Å². The Hall–Kier alpha value is -2.12. The Bertz CT molecular complexity index is 952. The largest absolute Gasteiger partial charge is 0.375 e. The highest BCUT2D eigenvalue weighted by molar-refractivity contribution is 7.89. The first-order chi connectivity index (χ1) is 12.4. The molecule has 0 spiro atoms. The van der Waals surface area contributed by atoms with Crippen LogP contribution in [-0.4, -0.2) is 40.1 Å². The maximum atomic E-state index is 12.1. The Morgan fingerprint density at radius 3 is 2.62 bits per heavy atom. The molecular formula is C19H24N4O2S. The predicted molar refractivity (Wildman–Crippen MR) is 104 cm³/mol. The van der Waals surface area contributed by atoms with Crippen LogP contribution in [0.15, 0.2) is 35.5 Å². The van der Waals surface area contributed by atoms with Crippen LogP contribution in [0.4, 0.5) is 11.4 Å². The number of aryl methyl sites for hydroxylation is 1. The third-order valence-corrected chi connectivity index (χ3v) is 5.97. The second-order valence-corrected chi connectivity index (χ2v) is 8.77. The van der Waals surface area contributed by atoms with Crippen LogP contribution < -0.4 is 14.9 Å². The predicted octanol–water partition coefficient (Wildman–Crippen LogP) is 2.38. The van der Waals surface area contributed by atoms with Crippen LogP contribution in [0.5, 0.6) is 0 Å². The topological polar surface area (TPSA) is 79.5 Å². The molecule has 1 aliphatic heterocycles. The summed E-state index contributed by atoms with van der Waals surface area (Å²) < 4.78 is 24.2. The van der Waals surface area contributed by atoms with Gasteiger partial charge >= 0.3 is 0 Å². The van der Waals surface area contributed by atoms with Gasteiger partial charge in [-0.3, -0.25) is 0 Å². The highest BCUT2D eigenvalue weighted by atomic mass is 32.2. The van der Waals surface area contributed by atoms with Crippen molar-refractivity contribution < 1.29 is 8.42 Å². The summed E-state index contributed by atoms with van der Waals surface area (Å²) in [5.41, 5.74) is 5.04. The lowest BCUT2D eigenvalue weighted by Gasteiger charge is -2.34. The van der Waals surface area contributed by atoms with E-state index in [0.29, 0.717) is 11.7 Å². The van der Waals surface area contributed by atoms with Gasteiger partial charge in [0.2, 0.25) is 0 Å². The van der Waals surface area contributed by atoms with Gasteiger partial charge in [0, 0.05) is 49.7 Å². The van der Waals surface area contributed by atoms with Crippen molar-refractivity contribution in [2.45, 2.75) is 36.8 Å². The molecule has 7 heteroatoms. The van der Waals surface area contributed by atoms with E-state index < -0.39 is 10.0 Å². The summed E-state index contributed by atoms with van der Waals surface area (Å²) in [4.78, 5) is 8.36. The fraction of sp³-hybridized carbons (Fsp3) is 0.421. The molecule has 0 amide bonds. The molecule has 4 rings (SSSR count). The number of hydrogen-bond donors (Lipinski definition) is 1. The van der Waals surface area contributed by atoms with Crippen molar-refractivity contribution in [3.63, 3.8) is 0 Å². The smallest absolute Gasteiger partial charge is 0.257 e. The van der Waals surface area contributed by atoms with E-state index >= 15 is 0 Å². The van der Waals surface area contributed by atoms with Gasteiger partial charge in [0.1, 0.15) is 0 Å². The molecule has 2 N–H and O–H groups in total. The molecular weight excluding hydrogens is 348 g/mol. The van der Waals surface area contributed by atoms with E-state index in [9.17, 15) is 8.42 Å². The third-order valence-electron chi connectivity index (χ3n) is 5.14. The number of pyridine rings is 1. The summed E-state index contributed by atoms with van der Waals surface area (Å²) in [6, 6.07) is 8.82. The third kappa shape index (κ3) is 2.95. The lowest BCUT2D eigenvalue weighted by atomic mass is 9.93. The number of fused-ring (bicyclic) bond motifs is 1. The van der Waals surface area contributed by atoms with Gasteiger partial charge in [-0.1, -0.05) is 18.2 Å². The minimum atomic E-state index is -3.91. The van der Waals surface area contributed by atoms with E-state index in [-0.39, 0.29) is 5.03 Å². The number of nitrogens with two attached hydrogens (primary N) is 1.